The van der Waals surface area contributed by atoms with Gasteiger partial charge in [0.15, 0.2) is 0 Å². The highest BCUT2D eigenvalue weighted by Gasteiger charge is 2.29. The van der Waals surface area contributed by atoms with E-state index in [1.54, 1.807) is 18.2 Å². The van der Waals surface area contributed by atoms with Crippen LogP contribution in [0.2, 0.25) is 0 Å². The summed E-state index contributed by atoms with van der Waals surface area (Å²) >= 11 is 0. The van der Waals surface area contributed by atoms with Crippen molar-refractivity contribution in [2.24, 2.45) is 0 Å². The summed E-state index contributed by atoms with van der Waals surface area (Å²) in [7, 11) is 0. The smallest absolute Gasteiger partial charge is 0.337 e. The lowest BCUT2D eigenvalue weighted by atomic mass is 10.0. The molecule has 0 unspecified atom stereocenters. The summed E-state index contributed by atoms with van der Waals surface area (Å²) in [5, 5.41) is 14.5. The molecule has 0 aromatic heterocycles. The molecule has 0 atom stereocenters. The first-order valence-electron chi connectivity index (χ1n) is 9.94. The van der Waals surface area contributed by atoms with Gasteiger partial charge in [0.25, 0.3) is 0 Å². The Balaban J connectivity index is 1.42. The molecule has 148 valence electrons. The lowest BCUT2D eigenvalue weighted by Crippen LogP contribution is -2.29. The van der Waals surface area contributed by atoms with E-state index in [9.17, 15) is 14.7 Å². The van der Waals surface area contributed by atoms with E-state index in [1.807, 2.05) is 6.07 Å². The van der Waals surface area contributed by atoms with Crippen molar-refractivity contribution in [2.75, 3.05) is 11.9 Å². The van der Waals surface area contributed by atoms with Crippen LogP contribution in [0.1, 0.15) is 35.2 Å². The first-order valence-corrected chi connectivity index (χ1v) is 9.94. The maximum Gasteiger partial charge on any atom is 0.337 e. The van der Waals surface area contributed by atoms with Crippen molar-refractivity contribution in [1.82, 2.24) is 4.90 Å². The van der Waals surface area contributed by atoms with Gasteiger partial charge in [-0.3, -0.25) is 9.69 Å². The molecule has 0 aliphatic heterocycles. The molecule has 4 rings (SSSR count). The lowest BCUT2D eigenvalue weighted by molar-refractivity contribution is -0.116. The van der Waals surface area contributed by atoms with E-state index in [0.29, 0.717) is 24.7 Å². The fourth-order valence-corrected chi connectivity index (χ4v) is 3.72. The average Bonchev–Trinajstić information content (AvgIpc) is 3.57. The maximum atomic E-state index is 12.5. The number of nitrogens with zero attached hydrogens (tertiary/aromatic N) is 1. The molecule has 3 aromatic rings. The van der Waals surface area contributed by atoms with Gasteiger partial charge in [0.1, 0.15) is 0 Å². The number of benzene rings is 3. The van der Waals surface area contributed by atoms with Crippen LogP contribution in [0.15, 0.2) is 66.7 Å². The lowest BCUT2D eigenvalue weighted by Gasteiger charge is -2.23. The van der Waals surface area contributed by atoms with Gasteiger partial charge < -0.3 is 10.4 Å². The van der Waals surface area contributed by atoms with Gasteiger partial charge in [-0.05, 0) is 41.3 Å². The molecule has 5 heteroatoms. The number of anilines is 1. The molecule has 1 amide bonds. The second kappa shape index (κ2) is 8.45. The Morgan fingerprint density at radius 3 is 2.48 bits per heavy atom. The van der Waals surface area contributed by atoms with E-state index in [4.69, 9.17) is 0 Å². The molecule has 2 N–H and O–H groups in total. The van der Waals surface area contributed by atoms with Crippen LogP contribution in [-0.4, -0.2) is 34.5 Å². The molecule has 1 saturated carbocycles. The Morgan fingerprint density at radius 2 is 1.69 bits per heavy atom. The zero-order valence-corrected chi connectivity index (χ0v) is 16.2. The molecule has 0 heterocycles. The topological polar surface area (TPSA) is 69.6 Å². The molecule has 0 spiro atoms. The monoisotopic (exact) mass is 388 g/mol. The highest BCUT2D eigenvalue weighted by atomic mass is 16.4. The second-order valence-corrected chi connectivity index (χ2v) is 7.49. The maximum absolute atomic E-state index is 12.5. The molecule has 0 radical (unpaired) electrons. The van der Waals surface area contributed by atoms with Gasteiger partial charge in [0, 0.05) is 25.6 Å². The van der Waals surface area contributed by atoms with E-state index in [-0.39, 0.29) is 11.5 Å². The number of carboxylic acids is 1. The highest BCUT2D eigenvalue weighted by molar-refractivity contribution is 6.00. The molecule has 0 bridgehead atoms. The number of fused-ring (bicyclic) bond motifs is 1. The van der Waals surface area contributed by atoms with Crippen molar-refractivity contribution in [1.29, 1.82) is 0 Å². The fourth-order valence-electron chi connectivity index (χ4n) is 3.72. The van der Waals surface area contributed by atoms with Crippen molar-refractivity contribution >= 4 is 28.3 Å². The summed E-state index contributed by atoms with van der Waals surface area (Å²) in [6.45, 7) is 1.46. The molecular weight excluding hydrogens is 364 g/mol. The minimum atomic E-state index is -1.04. The quantitative estimate of drug-likeness (QED) is 0.595. The molecule has 1 aliphatic carbocycles. The van der Waals surface area contributed by atoms with Gasteiger partial charge >= 0.3 is 5.97 Å². The molecule has 5 nitrogen and oxygen atoms in total. The van der Waals surface area contributed by atoms with Crippen LogP contribution >= 0.6 is 0 Å². The van der Waals surface area contributed by atoms with Crippen LogP contribution < -0.4 is 5.32 Å². The normalized spacial score (nSPS) is 13.6. The Hall–Kier alpha value is -3.18. The summed E-state index contributed by atoms with van der Waals surface area (Å²) in [6.07, 6.45) is 2.65. The van der Waals surface area contributed by atoms with E-state index in [2.05, 4.69) is 46.6 Å². The van der Waals surface area contributed by atoms with Crippen molar-refractivity contribution in [2.45, 2.75) is 31.8 Å². The first kappa shape index (κ1) is 19.2. The number of amides is 1. The predicted octanol–water partition coefficient (Wildman–Crippen LogP) is 4.53. The largest absolute Gasteiger partial charge is 0.478 e. The molecule has 1 aliphatic rings. The molecule has 1 fully saturated rings. The van der Waals surface area contributed by atoms with Crippen molar-refractivity contribution in [3.8, 4) is 0 Å². The standard InChI is InChI=1S/C24H24N2O3/c27-23(25-22-11-4-3-10-21(22)24(28)29)14-15-26(19-12-13-19)16-18-8-5-7-17-6-1-2-9-20(17)18/h1-11,19H,12-16H2,(H,25,27)(H,28,29). The predicted molar refractivity (Wildman–Crippen MR) is 114 cm³/mol. The van der Waals surface area contributed by atoms with Crippen molar-refractivity contribution in [3.63, 3.8) is 0 Å². The van der Waals surface area contributed by atoms with E-state index < -0.39 is 5.97 Å². The van der Waals surface area contributed by atoms with Gasteiger partial charge in [-0.2, -0.15) is 0 Å². The number of carbonyl (C=O) groups excluding carboxylic acids is 1. The number of carbonyl (C=O) groups is 2. The minimum Gasteiger partial charge on any atom is -0.478 e. The third kappa shape index (κ3) is 4.63. The van der Waals surface area contributed by atoms with Gasteiger partial charge in [-0.1, -0.05) is 54.6 Å². The van der Waals surface area contributed by atoms with Gasteiger partial charge in [-0.15, -0.1) is 0 Å². The van der Waals surface area contributed by atoms with Crippen LogP contribution in [0.3, 0.4) is 0 Å². The minimum absolute atomic E-state index is 0.107. The number of carboxylic acid groups (broad SMARTS) is 1. The van der Waals surface area contributed by atoms with Crippen LogP contribution in [-0.2, 0) is 11.3 Å². The molecule has 3 aromatic carbocycles. The van der Waals surface area contributed by atoms with Gasteiger partial charge in [0.05, 0.1) is 11.3 Å². The number of aromatic carboxylic acids is 1. The molecular formula is C24H24N2O3. The zero-order chi connectivity index (χ0) is 20.2. The third-order valence-corrected chi connectivity index (χ3v) is 5.37. The second-order valence-electron chi connectivity index (χ2n) is 7.49. The molecule has 29 heavy (non-hydrogen) atoms. The number of hydrogen-bond donors (Lipinski definition) is 2. The van der Waals surface area contributed by atoms with E-state index >= 15 is 0 Å². The van der Waals surface area contributed by atoms with Crippen molar-refractivity contribution in [3.05, 3.63) is 77.9 Å². The Kier molecular flexibility index (Phi) is 5.58. The summed E-state index contributed by atoms with van der Waals surface area (Å²) in [5.74, 6) is -1.21. The van der Waals surface area contributed by atoms with Crippen LogP contribution in [0, 0.1) is 0 Å². The summed E-state index contributed by atoms with van der Waals surface area (Å²) in [5.41, 5.74) is 1.72. The number of hydrogen-bond acceptors (Lipinski definition) is 3. The number of para-hydroxylation sites is 1. The van der Waals surface area contributed by atoms with Gasteiger partial charge in [-0.25, -0.2) is 4.79 Å². The SMILES string of the molecule is O=C(CCN(Cc1cccc2ccccc12)C1CC1)Nc1ccccc1C(=O)O. The van der Waals surface area contributed by atoms with E-state index in [1.165, 1.54) is 22.4 Å². The average molecular weight is 388 g/mol. The number of rotatable bonds is 8. The van der Waals surface area contributed by atoms with Crippen LogP contribution in [0.4, 0.5) is 5.69 Å². The summed E-state index contributed by atoms with van der Waals surface area (Å²) < 4.78 is 0. The van der Waals surface area contributed by atoms with Crippen molar-refractivity contribution < 1.29 is 14.7 Å². The van der Waals surface area contributed by atoms with Crippen LogP contribution in [0.5, 0.6) is 0 Å². The third-order valence-electron chi connectivity index (χ3n) is 5.37. The first-order chi connectivity index (χ1) is 14.1. The van der Waals surface area contributed by atoms with E-state index in [0.717, 1.165) is 19.4 Å². The Labute approximate surface area is 170 Å². The fraction of sp³-hybridized carbons (Fsp3) is 0.250. The van der Waals surface area contributed by atoms with Gasteiger partial charge in [0.2, 0.25) is 5.91 Å². The highest BCUT2D eigenvalue weighted by Crippen LogP contribution is 2.30. The molecule has 0 saturated heterocycles. The van der Waals surface area contributed by atoms with Crippen LogP contribution in [0.25, 0.3) is 10.8 Å². The summed E-state index contributed by atoms with van der Waals surface area (Å²) in [4.78, 5) is 26.2. The zero-order valence-electron chi connectivity index (χ0n) is 16.2. The Morgan fingerprint density at radius 1 is 0.966 bits per heavy atom. The Bertz CT molecular complexity index is 1040. The number of nitrogens with one attached hydrogen (secondary N) is 1. The summed E-state index contributed by atoms with van der Waals surface area (Å²) in [6, 6.07) is 21.7.